The van der Waals surface area contributed by atoms with E-state index in [0.717, 1.165) is 0 Å². The van der Waals surface area contributed by atoms with Crippen LogP contribution in [0.5, 0.6) is 0 Å². The van der Waals surface area contributed by atoms with E-state index < -0.39 is 6.10 Å². The van der Waals surface area contributed by atoms with Gasteiger partial charge in [0, 0.05) is 5.92 Å². The first-order valence-electron chi connectivity index (χ1n) is 2.75. The van der Waals surface area contributed by atoms with Crippen LogP contribution < -0.4 is 0 Å². The van der Waals surface area contributed by atoms with Gasteiger partial charge in [-0.25, -0.2) is 4.39 Å². The molecule has 8 heavy (non-hydrogen) atoms. The fraction of sp³-hybridized carbons (Fsp3) is 0.667. The molecule has 0 heterocycles. The number of hydrogen-bond acceptors (Lipinski definition) is 1. The van der Waals surface area contributed by atoms with E-state index in [0.29, 0.717) is 6.42 Å². The zero-order valence-electron chi connectivity index (χ0n) is 4.76. The molecule has 1 N–H and O–H groups in total. The van der Waals surface area contributed by atoms with Gasteiger partial charge in [-0.05, 0) is 12.5 Å². The summed E-state index contributed by atoms with van der Waals surface area (Å²) >= 11 is 0. The summed E-state index contributed by atoms with van der Waals surface area (Å²) in [6.07, 6.45) is 1.28. The number of rotatable bonds is 0. The van der Waals surface area contributed by atoms with Crippen molar-refractivity contribution in [2.75, 3.05) is 0 Å². The summed E-state index contributed by atoms with van der Waals surface area (Å²) in [4.78, 5) is 0. The lowest BCUT2D eigenvalue weighted by Gasteiger charge is -1.98. The first-order valence-corrected chi connectivity index (χ1v) is 2.75. The van der Waals surface area contributed by atoms with E-state index in [9.17, 15) is 4.39 Å². The molecule has 0 unspecified atom stereocenters. The highest BCUT2D eigenvalue weighted by Crippen LogP contribution is 2.25. The molecule has 2 atom stereocenters. The topological polar surface area (TPSA) is 20.2 Å². The van der Waals surface area contributed by atoms with E-state index in [4.69, 9.17) is 5.11 Å². The van der Waals surface area contributed by atoms with Crippen molar-refractivity contribution in [2.24, 2.45) is 5.92 Å². The monoisotopic (exact) mass is 116 g/mol. The third-order valence-corrected chi connectivity index (χ3v) is 1.42. The number of allylic oxidation sites excluding steroid dienone is 1. The van der Waals surface area contributed by atoms with Gasteiger partial charge in [-0.3, -0.25) is 0 Å². The molecular formula is C6H9FO. The lowest BCUT2D eigenvalue weighted by atomic mass is 10.1. The molecule has 1 aliphatic rings. The van der Waals surface area contributed by atoms with Crippen molar-refractivity contribution in [3.63, 3.8) is 0 Å². The van der Waals surface area contributed by atoms with Crippen molar-refractivity contribution in [3.8, 4) is 0 Å². The van der Waals surface area contributed by atoms with E-state index in [1.807, 2.05) is 0 Å². The molecule has 0 saturated carbocycles. The Hall–Kier alpha value is -0.370. The van der Waals surface area contributed by atoms with Crippen LogP contribution in [0.25, 0.3) is 0 Å². The van der Waals surface area contributed by atoms with Crippen molar-refractivity contribution in [2.45, 2.75) is 19.4 Å². The van der Waals surface area contributed by atoms with E-state index in [2.05, 4.69) is 0 Å². The van der Waals surface area contributed by atoms with E-state index >= 15 is 0 Å². The molecule has 0 amide bonds. The SMILES string of the molecule is C[C@@H]1C[C@H](O)C=C1F. The molecule has 1 aliphatic carbocycles. The van der Waals surface area contributed by atoms with Crippen LogP contribution in [0, 0.1) is 5.92 Å². The van der Waals surface area contributed by atoms with Gasteiger partial charge in [-0.1, -0.05) is 6.92 Å². The molecule has 0 radical (unpaired) electrons. The van der Waals surface area contributed by atoms with Crippen molar-refractivity contribution < 1.29 is 9.50 Å². The minimum absolute atomic E-state index is 0.0648. The van der Waals surface area contributed by atoms with E-state index in [1.165, 1.54) is 6.08 Å². The summed E-state index contributed by atoms with van der Waals surface area (Å²) in [7, 11) is 0. The minimum Gasteiger partial charge on any atom is -0.389 e. The molecule has 46 valence electrons. The molecule has 0 spiro atoms. The fourth-order valence-electron chi connectivity index (χ4n) is 0.891. The molecular weight excluding hydrogens is 107 g/mol. The van der Waals surface area contributed by atoms with Crippen LogP contribution in [0.1, 0.15) is 13.3 Å². The average Bonchev–Trinajstić information content (AvgIpc) is 1.85. The Morgan fingerprint density at radius 2 is 2.50 bits per heavy atom. The van der Waals surface area contributed by atoms with Gasteiger partial charge >= 0.3 is 0 Å². The Bertz CT molecular complexity index is 120. The second kappa shape index (κ2) is 1.86. The van der Waals surface area contributed by atoms with Gasteiger partial charge in [0.15, 0.2) is 0 Å². The maximum absolute atomic E-state index is 12.3. The molecule has 0 bridgehead atoms. The molecule has 1 rings (SSSR count). The predicted molar refractivity (Wildman–Crippen MR) is 29.0 cm³/mol. The van der Waals surface area contributed by atoms with Gasteiger partial charge < -0.3 is 5.11 Å². The lowest BCUT2D eigenvalue weighted by Crippen LogP contribution is -1.98. The maximum Gasteiger partial charge on any atom is 0.101 e. The van der Waals surface area contributed by atoms with Crippen LogP contribution in [0.15, 0.2) is 11.9 Å². The summed E-state index contributed by atoms with van der Waals surface area (Å²) in [6.45, 7) is 1.77. The second-order valence-electron chi connectivity index (χ2n) is 2.26. The molecule has 0 fully saturated rings. The summed E-state index contributed by atoms with van der Waals surface area (Å²) in [5.41, 5.74) is 0. The molecule has 0 aliphatic heterocycles. The highest BCUT2D eigenvalue weighted by atomic mass is 19.1. The standard InChI is InChI=1S/C6H9FO/c1-4-2-5(8)3-6(4)7/h3-5,8H,2H2,1H3/t4-,5+/m1/s1. The Balaban J connectivity index is 2.59. The number of aliphatic hydroxyl groups excluding tert-OH is 1. The van der Waals surface area contributed by atoms with Crippen molar-refractivity contribution in [1.82, 2.24) is 0 Å². The summed E-state index contributed by atoms with van der Waals surface area (Å²) in [5.74, 6) is -0.234. The van der Waals surface area contributed by atoms with Gasteiger partial charge in [0.1, 0.15) is 5.83 Å². The minimum atomic E-state index is -0.537. The quantitative estimate of drug-likeness (QED) is 0.505. The van der Waals surface area contributed by atoms with E-state index in [1.54, 1.807) is 6.92 Å². The molecule has 2 heteroatoms. The Labute approximate surface area is 47.8 Å². The van der Waals surface area contributed by atoms with Crippen LogP contribution in [0.4, 0.5) is 4.39 Å². The Morgan fingerprint density at radius 1 is 1.88 bits per heavy atom. The van der Waals surface area contributed by atoms with Crippen molar-refractivity contribution >= 4 is 0 Å². The largest absolute Gasteiger partial charge is 0.389 e. The van der Waals surface area contributed by atoms with Crippen LogP contribution in [-0.4, -0.2) is 11.2 Å². The Kier molecular flexibility index (Phi) is 1.34. The number of aliphatic hydroxyl groups is 1. The second-order valence-corrected chi connectivity index (χ2v) is 2.26. The molecule has 0 saturated heterocycles. The summed E-state index contributed by atoms with van der Waals surface area (Å²) in [6, 6.07) is 0. The van der Waals surface area contributed by atoms with E-state index in [-0.39, 0.29) is 11.7 Å². The van der Waals surface area contributed by atoms with Gasteiger partial charge in [0.25, 0.3) is 0 Å². The highest BCUT2D eigenvalue weighted by Gasteiger charge is 2.20. The molecule has 0 aromatic rings. The average molecular weight is 116 g/mol. The zero-order chi connectivity index (χ0) is 6.15. The van der Waals surface area contributed by atoms with Gasteiger partial charge in [-0.2, -0.15) is 0 Å². The summed E-state index contributed by atoms with van der Waals surface area (Å²) < 4.78 is 12.3. The zero-order valence-corrected chi connectivity index (χ0v) is 4.76. The smallest absolute Gasteiger partial charge is 0.101 e. The maximum atomic E-state index is 12.3. The normalized spacial score (nSPS) is 37.6. The first kappa shape index (κ1) is 5.76. The fourth-order valence-corrected chi connectivity index (χ4v) is 0.891. The summed E-state index contributed by atoms with van der Waals surface area (Å²) in [5, 5.41) is 8.75. The third-order valence-electron chi connectivity index (χ3n) is 1.42. The number of halogens is 1. The molecule has 0 aromatic heterocycles. The van der Waals surface area contributed by atoms with Gasteiger partial charge in [0.2, 0.25) is 0 Å². The van der Waals surface area contributed by atoms with Gasteiger partial charge in [-0.15, -0.1) is 0 Å². The lowest BCUT2D eigenvalue weighted by molar-refractivity contribution is 0.211. The van der Waals surface area contributed by atoms with Crippen molar-refractivity contribution in [3.05, 3.63) is 11.9 Å². The van der Waals surface area contributed by atoms with Crippen LogP contribution in [0.3, 0.4) is 0 Å². The Morgan fingerprint density at radius 3 is 2.62 bits per heavy atom. The first-order chi connectivity index (χ1) is 3.70. The third kappa shape index (κ3) is 0.892. The van der Waals surface area contributed by atoms with Crippen LogP contribution in [-0.2, 0) is 0 Å². The van der Waals surface area contributed by atoms with Crippen LogP contribution >= 0.6 is 0 Å². The van der Waals surface area contributed by atoms with Gasteiger partial charge in [0.05, 0.1) is 6.10 Å². The van der Waals surface area contributed by atoms with Crippen molar-refractivity contribution in [1.29, 1.82) is 0 Å². The number of hydrogen-bond donors (Lipinski definition) is 1. The predicted octanol–water partition coefficient (Wildman–Crippen LogP) is 1.24. The van der Waals surface area contributed by atoms with Crippen LogP contribution in [0.2, 0.25) is 0 Å². The molecule has 0 aromatic carbocycles. The molecule has 1 nitrogen and oxygen atoms in total. The highest BCUT2D eigenvalue weighted by molar-refractivity contribution is 5.07.